The first-order valence-corrected chi connectivity index (χ1v) is 4.80. The summed E-state index contributed by atoms with van der Waals surface area (Å²) in [6.07, 6.45) is 1.69. The molecular weight excluding hydrogens is 208 g/mol. The zero-order valence-corrected chi connectivity index (χ0v) is 8.78. The van der Waals surface area contributed by atoms with Gasteiger partial charge in [0.05, 0.1) is 24.8 Å². The maximum absolute atomic E-state index is 11.2. The van der Waals surface area contributed by atoms with Gasteiger partial charge in [0.2, 0.25) is 11.5 Å². The minimum atomic E-state index is -0.695. The molecular formula is C11H10N2O3. The largest absolute Gasteiger partial charge is 0.502 e. The Kier molecular flexibility index (Phi) is 3.68. The number of allylic oxidation sites excluding steroid dienone is 3. The second kappa shape index (κ2) is 4.99. The zero-order valence-electron chi connectivity index (χ0n) is 8.78. The standard InChI is InChI=1S/C11H10N2O3/c1-3-4-5-16-11-8(7(6-12)13-2)9(14)10(11)15/h15H,3-5H2,1H3. The van der Waals surface area contributed by atoms with E-state index >= 15 is 0 Å². The fourth-order valence-electron chi connectivity index (χ4n) is 1.19. The highest BCUT2D eigenvalue weighted by Gasteiger charge is 2.38. The molecule has 0 aromatic rings. The van der Waals surface area contributed by atoms with Gasteiger partial charge in [-0.15, -0.1) is 0 Å². The number of aliphatic hydroxyl groups excluding tert-OH is 1. The van der Waals surface area contributed by atoms with Crippen LogP contribution in [0.1, 0.15) is 19.8 Å². The van der Waals surface area contributed by atoms with Crippen molar-refractivity contribution in [3.05, 3.63) is 34.2 Å². The summed E-state index contributed by atoms with van der Waals surface area (Å²) in [7, 11) is 0. The molecule has 16 heavy (non-hydrogen) atoms. The normalized spacial score (nSPS) is 17.3. The van der Waals surface area contributed by atoms with Crippen molar-refractivity contribution in [3.8, 4) is 6.07 Å². The highest BCUT2D eigenvalue weighted by atomic mass is 16.5. The number of Topliss-reactive ketones (excluding diaryl/α,β-unsaturated/α-hetero) is 1. The molecule has 0 unspecified atom stereocenters. The van der Waals surface area contributed by atoms with Crippen molar-refractivity contribution in [3.63, 3.8) is 0 Å². The van der Waals surface area contributed by atoms with Gasteiger partial charge in [0.15, 0.2) is 5.76 Å². The summed E-state index contributed by atoms with van der Waals surface area (Å²) in [5.74, 6) is -1.22. The van der Waals surface area contributed by atoms with Crippen LogP contribution >= 0.6 is 0 Å². The van der Waals surface area contributed by atoms with Crippen molar-refractivity contribution in [2.45, 2.75) is 19.8 Å². The lowest BCUT2D eigenvalue weighted by Gasteiger charge is -2.21. The van der Waals surface area contributed by atoms with E-state index in [9.17, 15) is 9.90 Å². The minimum Gasteiger partial charge on any atom is -0.502 e. The average Bonchev–Trinajstić information content (AvgIpc) is 2.32. The van der Waals surface area contributed by atoms with E-state index in [0.717, 1.165) is 12.8 Å². The fraction of sp³-hybridized carbons (Fsp3) is 0.364. The molecule has 0 heterocycles. The average molecular weight is 218 g/mol. The second-order valence-electron chi connectivity index (χ2n) is 3.16. The molecule has 0 aliphatic heterocycles. The van der Waals surface area contributed by atoms with Gasteiger partial charge in [-0.3, -0.25) is 4.79 Å². The highest BCUT2D eigenvalue weighted by Crippen LogP contribution is 2.32. The molecule has 5 nitrogen and oxygen atoms in total. The number of unbranched alkanes of at least 4 members (excludes halogenated alkanes) is 1. The quantitative estimate of drug-likeness (QED) is 0.338. The van der Waals surface area contributed by atoms with Gasteiger partial charge < -0.3 is 9.84 Å². The summed E-state index contributed by atoms with van der Waals surface area (Å²) in [6.45, 7) is 9.04. The third kappa shape index (κ3) is 1.89. The van der Waals surface area contributed by atoms with Crippen LogP contribution in [0, 0.1) is 17.9 Å². The minimum absolute atomic E-state index is 0.0222. The van der Waals surface area contributed by atoms with E-state index in [-0.39, 0.29) is 17.0 Å². The van der Waals surface area contributed by atoms with E-state index in [1.54, 1.807) is 6.07 Å². The first-order valence-electron chi connectivity index (χ1n) is 4.80. The van der Waals surface area contributed by atoms with E-state index in [1.807, 2.05) is 6.92 Å². The van der Waals surface area contributed by atoms with Crippen LogP contribution in [0.3, 0.4) is 0 Å². The summed E-state index contributed by atoms with van der Waals surface area (Å²) in [5, 5.41) is 17.9. The van der Waals surface area contributed by atoms with Crippen molar-refractivity contribution < 1.29 is 14.6 Å². The van der Waals surface area contributed by atoms with Gasteiger partial charge in [-0.1, -0.05) is 13.3 Å². The Morgan fingerprint density at radius 3 is 2.88 bits per heavy atom. The second-order valence-corrected chi connectivity index (χ2v) is 3.16. The summed E-state index contributed by atoms with van der Waals surface area (Å²) >= 11 is 0. The smallest absolute Gasteiger partial charge is 0.276 e. The van der Waals surface area contributed by atoms with Crippen LogP contribution in [0.4, 0.5) is 0 Å². The molecule has 0 fully saturated rings. The molecule has 0 radical (unpaired) electrons. The van der Waals surface area contributed by atoms with E-state index < -0.39 is 11.5 Å². The Hall–Kier alpha value is -2.27. The molecule has 5 heteroatoms. The van der Waals surface area contributed by atoms with Crippen molar-refractivity contribution in [1.82, 2.24) is 0 Å². The van der Waals surface area contributed by atoms with Gasteiger partial charge in [-0.25, -0.2) is 10.1 Å². The van der Waals surface area contributed by atoms with Crippen LogP contribution in [-0.2, 0) is 9.53 Å². The molecule has 0 saturated heterocycles. The molecule has 0 bridgehead atoms. The first kappa shape index (κ1) is 11.8. The van der Waals surface area contributed by atoms with Crippen LogP contribution in [-0.4, -0.2) is 17.5 Å². The maximum atomic E-state index is 11.2. The van der Waals surface area contributed by atoms with Crippen molar-refractivity contribution in [1.29, 1.82) is 5.26 Å². The number of carbonyl (C=O) groups excluding carboxylic acids is 1. The van der Waals surface area contributed by atoms with E-state index in [4.69, 9.17) is 16.6 Å². The molecule has 0 amide bonds. The van der Waals surface area contributed by atoms with Gasteiger partial charge in [0.1, 0.15) is 0 Å². The molecule has 0 saturated carbocycles. The van der Waals surface area contributed by atoms with Crippen molar-refractivity contribution in [2.75, 3.05) is 6.61 Å². The number of carbonyl (C=O) groups is 1. The first-order chi connectivity index (χ1) is 7.67. The van der Waals surface area contributed by atoms with Crippen LogP contribution in [0.2, 0.25) is 0 Å². The lowest BCUT2D eigenvalue weighted by Crippen LogP contribution is -2.25. The molecule has 0 spiro atoms. The molecule has 1 aliphatic rings. The Bertz CT molecular complexity index is 445. The summed E-state index contributed by atoms with van der Waals surface area (Å²) in [5.41, 5.74) is -0.444. The van der Waals surface area contributed by atoms with Crippen molar-refractivity contribution in [2.24, 2.45) is 0 Å². The van der Waals surface area contributed by atoms with Crippen molar-refractivity contribution >= 4 is 5.78 Å². The Morgan fingerprint density at radius 2 is 2.38 bits per heavy atom. The van der Waals surface area contributed by atoms with Gasteiger partial charge in [0, 0.05) is 0 Å². The summed E-state index contributed by atoms with van der Waals surface area (Å²) < 4.78 is 5.15. The number of ketones is 1. The molecule has 82 valence electrons. The Morgan fingerprint density at radius 1 is 1.69 bits per heavy atom. The van der Waals surface area contributed by atoms with E-state index in [0.29, 0.717) is 6.61 Å². The monoisotopic (exact) mass is 218 g/mol. The third-order valence-electron chi connectivity index (χ3n) is 2.08. The number of aliphatic hydroxyl groups is 1. The predicted molar refractivity (Wildman–Crippen MR) is 54.8 cm³/mol. The Balaban J connectivity index is 2.93. The van der Waals surface area contributed by atoms with Crippen LogP contribution in [0.25, 0.3) is 4.85 Å². The third-order valence-corrected chi connectivity index (χ3v) is 2.08. The zero-order chi connectivity index (χ0) is 12.1. The maximum Gasteiger partial charge on any atom is 0.276 e. The number of nitriles is 1. The fourth-order valence-corrected chi connectivity index (χ4v) is 1.19. The number of nitrogens with zero attached hydrogens (tertiary/aromatic N) is 2. The van der Waals surface area contributed by atoms with Gasteiger partial charge in [0.25, 0.3) is 5.70 Å². The predicted octanol–water partition coefficient (Wildman–Crippen LogP) is 1.85. The van der Waals surface area contributed by atoms with Gasteiger partial charge >= 0.3 is 0 Å². The summed E-state index contributed by atoms with van der Waals surface area (Å²) in [6, 6.07) is 1.60. The molecule has 1 rings (SSSR count). The number of rotatable bonds is 4. The van der Waals surface area contributed by atoms with E-state index in [1.165, 1.54) is 0 Å². The number of hydrogen-bond donors (Lipinski definition) is 1. The van der Waals surface area contributed by atoms with Crippen LogP contribution in [0.5, 0.6) is 0 Å². The highest BCUT2D eigenvalue weighted by molar-refractivity contribution is 6.18. The van der Waals surface area contributed by atoms with Crippen LogP contribution in [0.15, 0.2) is 22.8 Å². The lowest BCUT2D eigenvalue weighted by molar-refractivity contribution is -0.117. The van der Waals surface area contributed by atoms with Crippen LogP contribution < -0.4 is 0 Å². The molecule has 1 aliphatic carbocycles. The molecule has 0 aromatic heterocycles. The Labute approximate surface area is 93.1 Å². The lowest BCUT2D eigenvalue weighted by atomic mass is 9.94. The van der Waals surface area contributed by atoms with E-state index in [2.05, 4.69) is 4.85 Å². The van der Waals surface area contributed by atoms with Gasteiger partial charge in [-0.05, 0) is 6.42 Å². The topological polar surface area (TPSA) is 74.7 Å². The molecule has 0 atom stereocenters. The summed E-state index contributed by atoms with van der Waals surface area (Å²) in [4.78, 5) is 14.1. The number of hydrogen-bond acceptors (Lipinski definition) is 4. The SMILES string of the molecule is [C-]#[N+]C(C#N)=C1C(=O)C(O)=C1OCCCC. The number of ether oxygens (including phenoxy) is 1. The molecule has 1 N–H and O–H groups in total. The molecule has 0 aromatic carbocycles. The van der Waals surface area contributed by atoms with Gasteiger partial charge in [-0.2, -0.15) is 0 Å².